The Balaban J connectivity index is 2.02. The maximum absolute atomic E-state index is 12.2. The number of carbonyl (C=O) groups excluding carboxylic acids is 1. The zero-order valence-electron chi connectivity index (χ0n) is 10.7. The van der Waals surface area contributed by atoms with Gasteiger partial charge in [-0.1, -0.05) is 0 Å². The number of aliphatic hydroxyl groups is 1. The van der Waals surface area contributed by atoms with Gasteiger partial charge < -0.3 is 15.3 Å². The van der Waals surface area contributed by atoms with Crippen LogP contribution in [0.15, 0.2) is 24.5 Å². The molecule has 0 aliphatic carbocycles. The molecule has 1 aliphatic heterocycles. The summed E-state index contributed by atoms with van der Waals surface area (Å²) in [5.74, 6) is 0.0239. The third-order valence-corrected chi connectivity index (χ3v) is 3.52. The highest BCUT2D eigenvalue weighted by atomic mass is 16.3. The molecule has 2 rings (SSSR count). The molecular formula is C13H19N3O2. The van der Waals surface area contributed by atoms with Crippen molar-refractivity contribution >= 4 is 5.91 Å². The average molecular weight is 249 g/mol. The summed E-state index contributed by atoms with van der Waals surface area (Å²) in [5, 5.41) is 12.5. The summed E-state index contributed by atoms with van der Waals surface area (Å²) in [6, 6.07) is 3.55. The van der Waals surface area contributed by atoms with Crippen LogP contribution < -0.4 is 5.32 Å². The van der Waals surface area contributed by atoms with E-state index < -0.39 is 6.10 Å². The van der Waals surface area contributed by atoms with Crippen molar-refractivity contribution in [3.8, 4) is 0 Å². The van der Waals surface area contributed by atoms with Gasteiger partial charge in [-0.2, -0.15) is 0 Å². The van der Waals surface area contributed by atoms with Crippen LogP contribution in [0.25, 0.3) is 0 Å². The molecule has 1 aliphatic rings. The summed E-state index contributed by atoms with van der Waals surface area (Å²) in [6.07, 6.45) is 3.53. The first kappa shape index (κ1) is 13.0. The standard InChI is InChI=1S/C13H19N3O2/c1-9(10-3-5-14-6-4-10)16(2)13(18)12-7-11(17)8-15-12/h3-6,9,11-12,15,17H,7-8H2,1-2H3. The molecule has 0 spiro atoms. The fourth-order valence-electron chi connectivity index (χ4n) is 2.21. The van der Waals surface area contributed by atoms with Gasteiger partial charge in [-0.25, -0.2) is 0 Å². The lowest BCUT2D eigenvalue weighted by Gasteiger charge is -2.27. The van der Waals surface area contributed by atoms with Gasteiger partial charge in [0.15, 0.2) is 0 Å². The van der Waals surface area contributed by atoms with Crippen LogP contribution in [-0.2, 0) is 4.79 Å². The van der Waals surface area contributed by atoms with Gasteiger partial charge in [0.25, 0.3) is 0 Å². The second-order valence-electron chi connectivity index (χ2n) is 4.76. The first-order valence-corrected chi connectivity index (χ1v) is 6.17. The highest BCUT2D eigenvalue weighted by Gasteiger charge is 2.31. The van der Waals surface area contributed by atoms with E-state index in [0.717, 1.165) is 5.56 Å². The van der Waals surface area contributed by atoms with E-state index in [2.05, 4.69) is 10.3 Å². The molecule has 5 heteroatoms. The van der Waals surface area contributed by atoms with Gasteiger partial charge >= 0.3 is 0 Å². The minimum Gasteiger partial charge on any atom is -0.392 e. The molecule has 5 nitrogen and oxygen atoms in total. The highest BCUT2D eigenvalue weighted by Crippen LogP contribution is 2.20. The van der Waals surface area contributed by atoms with Crippen molar-refractivity contribution in [2.24, 2.45) is 0 Å². The van der Waals surface area contributed by atoms with Crippen molar-refractivity contribution in [1.29, 1.82) is 0 Å². The molecule has 0 radical (unpaired) electrons. The van der Waals surface area contributed by atoms with Crippen LogP contribution in [0.3, 0.4) is 0 Å². The van der Waals surface area contributed by atoms with Crippen molar-refractivity contribution < 1.29 is 9.90 Å². The van der Waals surface area contributed by atoms with E-state index in [0.29, 0.717) is 13.0 Å². The summed E-state index contributed by atoms with van der Waals surface area (Å²) in [6.45, 7) is 2.48. The number of rotatable bonds is 3. The topological polar surface area (TPSA) is 65.5 Å². The summed E-state index contributed by atoms with van der Waals surface area (Å²) in [5.41, 5.74) is 1.05. The predicted octanol–water partition coefficient (Wildman–Crippen LogP) is 0.324. The zero-order chi connectivity index (χ0) is 13.1. The molecule has 3 unspecified atom stereocenters. The Morgan fingerprint density at radius 2 is 2.22 bits per heavy atom. The van der Waals surface area contributed by atoms with Crippen molar-refractivity contribution in [3.63, 3.8) is 0 Å². The van der Waals surface area contributed by atoms with Crippen molar-refractivity contribution in [2.75, 3.05) is 13.6 Å². The molecule has 1 aromatic heterocycles. The number of hydrogen-bond acceptors (Lipinski definition) is 4. The summed E-state index contributed by atoms with van der Waals surface area (Å²) in [4.78, 5) is 17.9. The predicted molar refractivity (Wildman–Crippen MR) is 67.8 cm³/mol. The molecule has 0 aromatic carbocycles. The molecule has 98 valence electrons. The van der Waals surface area contributed by atoms with Crippen LogP contribution in [0.2, 0.25) is 0 Å². The molecular weight excluding hydrogens is 230 g/mol. The van der Waals surface area contributed by atoms with Crippen LogP contribution in [-0.4, -0.2) is 46.6 Å². The smallest absolute Gasteiger partial charge is 0.240 e. The fraction of sp³-hybridized carbons (Fsp3) is 0.538. The molecule has 2 N–H and O–H groups in total. The van der Waals surface area contributed by atoms with Gasteiger partial charge in [0.2, 0.25) is 5.91 Å². The van der Waals surface area contributed by atoms with Crippen LogP contribution in [0.4, 0.5) is 0 Å². The van der Waals surface area contributed by atoms with E-state index in [9.17, 15) is 9.90 Å². The van der Waals surface area contributed by atoms with E-state index in [1.165, 1.54) is 0 Å². The van der Waals surface area contributed by atoms with E-state index in [4.69, 9.17) is 0 Å². The van der Waals surface area contributed by atoms with Crippen molar-refractivity contribution in [2.45, 2.75) is 31.5 Å². The Morgan fingerprint density at radius 1 is 1.56 bits per heavy atom. The third-order valence-electron chi connectivity index (χ3n) is 3.52. The zero-order valence-corrected chi connectivity index (χ0v) is 10.7. The van der Waals surface area contributed by atoms with Gasteiger partial charge in [0.05, 0.1) is 18.2 Å². The summed E-state index contributed by atoms with van der Waals surface area (Å²) in [7, 11) is 1.79. The second-order valence-corrected chi connectivity index (χ2v) is 4.76. The lowest BCUT2D eigenvalue weighted by atomic mass is 10.1. The summed E-state index contributed by atoms with van der Waals surface area (Å²) >= 11 is 0. The van der Waals surface area contributed by atoms with Gasteiger partial charge in [0.1, 0.15) is 0 Å². The monoisotopic (exact) mass is 249 g/mol. The number of hydrogen-bond donors (Lipinski definition) is 2. The number of carbonyl (C=O) groups is 1. The Morgan fingerprint density at radius 3 is 2.78 bits per heavy atom. The first-order chi connectivity index (χ1) is 8.59. The number of nitrogens with zero attached hydrogens (tertiary/aromatic N) is 2. The number of nitrogens with one attached hydrogen (secondary N) is 1. The quantitative estimate of drug-likeness (QED) is 0.810. The maximum Gasteiger partial charge on any atom is 0.240 e. The maximum atomic E-state index is 12.2. The van der Waals surface area contributed by atoms with E-state index in [1.807, 2.05) is 19.1 Å². The minimum atomic E-state index is -0.413. The van der Waals surface area contributed by atoms with E-state index in [-0.39, 0.29) is 18.0 Å². The SMILES string of the molecule is CC(c1ccncc1)N(C)C(=O)C1CC(O)CN1. The number of likely N-dealkylation sites (N-methyl/N-ethyl adjacent to an activating group) is 1. The van der Waals surface area contributed by atoms with E-state index in [1.54, 1.807) is 24.3 Å². The normalized spacial score (nSPS) is 24.8. The lowest BCUT2D eigenvalue weighted by Crippen LogP contribution is -2.42. The van der Waals surface area contributed by atoms with Crippen LogP contribution in [0.5, 0.6) is 0 Å². The number of aliphatic hydroxyl groups excluding tert-OH is 1. The molecule has 2 heterocycles. The third kappa shape index (κ3) is 2.68. The molecule has 0 bridgehead atoms. The van der Waals surface area contributed by atoms with Crippen molar-refractivity contribution in [1.82, 2.24) is 15.2 Å². The molecule has 1 saturated heterocycles. The number of aromatic nitrogens is 1. The van der Waals surface area contributed by atoms with E-state index >= 15 is 0 Å². The molecule has 18 heavy (non-hydrogen) atoms. The molecule has 1 aromatic rings. The highest BCUT2D eigenvalue weighted by molar-refractivity contribution is 5.82. The van der Waals surface area contributed by atoms with Gasteiger partial charge in [-0.05, 0) is 31.0 Å². The van der Waals surface area contributed by atoms with Gasteiger partial charge in [0, 0.05) is 26.0 Å². The largest absolute Gasteiger partial charge is 0.392 e. The van der Waals surface area contributed by atoms with Gasteiger partial charge in [-0.3, -0.25) is 9.78 Å². The van der Waals surface area contributed by atoms with Crippen LogP contribution in [0, 0.1) is 0 Å². The Kier molecular flexibility index (Phi) is 3.93. The lowest BCUT2D eigenvalue weighted by molar-refractivity contribution is -0.133. The Hall–Kier alpha value is -1.46. The Labute approximate surface area is 107 Å². The van der Waals surface area contributed by atoms with Crippen LogP contribution >= 0.6 is 0 Å². The molecule has 1 amide bonds. The number of amides is 1. The Bertz CT molecular complexity index is 410. The minimum absolute atomic E-state index is 0.0000397. The number of β-amino-alcohol motifs (C(OH)–C–C–N with tert-alkyl or cyclic N) is 1. The number of pyridine rings is 1. The first-order valence-electron chi connectivity index (χ1n) is 6.17. The average Bonchev–Trinajstić information content (AvgIpc) is 2.84. The van der Waals surface area contributed by atoms with Crippen molar-refractivity contribution in [3.05, 3.63) is 30.1 Å². The molecule has 1 fully saturated rings. The molecule has 0 saturated carbocycles. The fourth-order valence-corrected chi connectivity index (χ4v) is 2.21. The molecule has 3 atom stereocenters. The second kappa shape index (κ2) is 5.46. The van der Waals surface area contributed by atoms with Crippen LogP contribution in [0.1, 0.15) is 24.9 Å². The van der Waals surface area contributed by atoms with Gasteiger partial charge in [-0.15, -0.1) is 0 Å². The summed E-state index contributed by atoms with van der Waals surface area (Å²) < 4.78 is 0.